The van der Waals surface area contributed by atoms with Crippen molar-refractivity contribution in [3.8, 4) is 0 Å². The summed E-state index contributed by atoms with van der Waals surface area (Å²) in [6.45, 7) is 3.17. The summed E-state index contributed by atoms with van der Waals surface area (Å²) in [5.41, 5.74) is 1.03. The summed E-state index contributed by atoms with van der Waals surface area (Å²) < 4.78 is 1.13. The molecule has 2 amide bonds. The second kappa shape index (κ2) is 7.17. The molecule has 26 heavy (non-hydrogen) atoms. The van der Waals surface area contributed by atoms with E-state index in [0.29, 0.717) is 18.2 Å². The molecule has 0 bridgehead atoms. The molecule has 1 aromatic carbocycles. The van der Waals surface area contributed by atoms with Crippen molar-refractivity contribution in [2.45, 2.75) is 19.8 Å². The average Bonchev–Trinajstić information content (AvgIpc) is 3.29. The van der Waals surface area contributed by atoms with Gasteiger partial charge in [-0.1, -0.05) is 18.2 Å². The zero-order valence-corrected chi connectivity index (χ0v) is 16.0. The van der Waals surface area contributed by atoms with E-state index in [2.05, 4.69) is 16.4 Å². The molecular formula is C19H19N3O2S2. The summed E-state index contributed by atoms with van der Waals surface area (Å²) in [6.07, 6.45) is 3.30. The predicted molar refractivity (Wildman–Crippen MR) is 106 cm³/mol. The third-order valence-electron chi connectivity index (χ3n) is 4.78. The molecular weight excluding hydrogens is 366 g/mol. The molecule has 4 rings (SSSR count). The highest BCUT2D eigenvalue weighted by Crippen LogP contribution is 2.32. The summed E-state index contributed by atoms with van der Waals surface area (Å²) in [7, 11) is 0. The molecule has 0 spiro atoms. The third kappa shape index (κ3) is 3.24. The van der Waals surface area contributed by atoms with Crippen molar-refractivity contribution in [3.63, 3.8) is 0 Å². The summed E-state index contributed by atoms with van der Waals surface area (Å²) in [5, 5.41) is 6.43. The van der Waals surface area contributed by atoms with E-state index in [1.807, 2.05) is 35.4 Å². The number of aryl methyl sites for hydroxylation is 1. The maximum absolute atomic E-state index is 13.1. The van der Waals surface area contributed by atoms with Gasteiger partial charge in [0.15, 0.2) is 5.13 Å². The molecule has 1 N–H and O–H groups in total. The Kier molecular flexibility index (Phi) is 4.74. The molecule has 134 valence electrons. The molecule has 0 unspecified atom stereocenters. The number of nitrogens with one attached hydrogen (secondary N) is 1. The van der Waals surface area contributed by atoms with E-state index >= 15 is 0 Å². The number of benzene rings is 1. The number of nitrogens with zero attached hydrogens (tertiary/aromatic N) is 2. The normalized spacial score (nSPS) is 17.4. The number of thiazole rings is 1. The molecule has 0 aliphatic carbocycles. The zero-order chi connectivity index (χ0) is 18.1. The fourth-order valence-electron chi connectivity index (χ4n) is 3.39. The Hall–Kier alpha value is -2.25. The van der Waals surface area contributed by atoms with Crippen LogP contribution in [0, 0.1) is 12.8 Å². The molecule has 1 atom stereocenters. The van der Waals surface area contributed by atoms with E-state index < -0.39 is 0 Å². The van der Waals surface area contributed by atoms with Crippen LogP contribution < -0.4 is 5.32 Å². The molecule has 1 aliphatic rings. The molecule has 1 fully saturated rings. The van der Waals surface area contributed by atoms with Gasteiger partial charge in [0.25, 0.3) is 5.91 Å². The quantitative estimate of drug-likeness (QED) is 0.736. The number of aromatic nitrogens is 1. The van der Waals surface area contributed by atoms with Crippen LogP contribution in [0.1, 0.15) is 28.1 Å². The monoisotopic (exact) mass is 385 g/mol. The van der Waals surface area contributed by atoms with E-state index in [4.69, 9.17) is 0 Å². The number of carbonyl (C=O) groups excluding carboxylic acids is 2. The maximum Gasteiger partial charge on any atom is 0.264 e. The first kappa shape index (κ1) is 17.2. The Morgan fingerprint density at radius 3 is 2.92 bits per heavy atom. The lowest BCUT2D eigenvalue weighted by molar-refractivity contribution is -0.121. The summed E-state index contributed by atoms with van der Waals surface area (Å²) in [6, 6.07) is 8.09. The van der Waals surface area contributed by atoms with Gasteiger partial charge in [-0.15, -0.1) is 22.7 Å². The van der Waals surface area contributed by atoms with Crippen LogP contribution in [0.4, 0.5) is 5.13 Å². The van der Waals surface area contributed by atoms with Gasteiger partial charge in [0, 0.05) is 29.4 Å². The van der Waals surface area contributed by atoms with Crippen molar-refractivity contribution in [1.82, 2.24) is 9.88 Å². The number of piperidine rings is 1. The van der Waals surface area contributed by atoms with Gasteiger partial charge >= 0.3 is 0 Å². The van der Waals surface area contributed by atoms with Gasteiger partial charge in [0.1, 0.15) is 0 Å². The van der Waals surface area contributed by atoms with E-state index in [-0.39, 0.29) is 17.7 Å². The Labute approximate surface area is 159 Å². The minimum absolute atomic E-state index is 0.0375. The summed E-state index contributed by atoms with van der Waals surface area (Å²) in [4.78, 5) is 32.3. The van der Waals surface area contributed by atoms with Crippen LogP contribution in [0.3, 0.4) is 0 Å². The Morgan fingerprint density at radius 2 is 2.15 bits per heavy atom. The third-order valence-corrected chi connectivity index (χ3v) is 6.73. The highest BCUT2D eigenvalue weighted by molar-refractivity contribution is 7.21. The molecule has 7 heteroatoms. The van der Waals surface area contributed by atoms with Crippen molar-refractivity contribution in [2.75, 3.05) is 18.4 Å². The lowest BCUT2D eigenvalue weighted by Gasteiger charge is -2.31. The van der Waals surface area contributed by atoms with Crippen LogP contribution in [-0.4, -0.2) is 34.8 Å². The second-order valence-electron chi connectivity index (χ2n) is 6.47. The standard InChI is InChI=1S/C19H19N3O2S2/c1-12-14-6-2-3-7-15(14)26-16(12)18(24)22-9-4-5-13(11-22)17(23)21-19-20-8-10-25-19/h2-3,6-8,10,13H,4-5,9,11H2,1H3,(H,20,21,23)/t13-/m0/s1. The molecule has 0 radical (unpaired) electrons. The smallest absolute Gasteiger partial charge is 0.264 e. The molecule has 1 saturated heterocycles. The number of thiophene rings is 1. The van der Waals surface area contributed by atoms with Crippen LogP contribution in [-0.2, 0) is 4.79 Å². The summed E-state index contributed by atoms with van der Waals surface area (Å²) >= 11 is 2.94. The maximum atomic E-state index is 13.1. The van der Waals surface area contributed by atoms with Crippen molar-refractivity contribution >= 4 is 49.7 Å². The zero-order valence-electron chi connectivity index (χ0n) is 14.4. The highest BCUT2D eigenvalue weighted by Gasteiger charge is 2.30. The van der Waals surface area contributed by atoms with Crippen molar-refractivity contribution in [1.29, 1.82) is 0 Å². The minimum atomic E-state index is -0.189. The van der Waals surface area contributed by atoms with Gasteiger partial charge in [-0.25, -0.2) is 4.98 Å². The first-order chi connectivity index (χ1) is 12.6. The number of rotatable bonds is 3. The van der Waals surface area contributed by atoms with Gasteiger partial charge in [-0.05, 0) is 36.8 Å². The van der Waals surface area contributed by atoms with Gasteiger partial charge in [0.2, 0.25) is 5.91 Å². The second-order valence-corrected chi connectivity index (χ2v) is 8.42. The molecule has 0 saturated carbocycles. The largest absolute Gasteiger partial charge is 0.337 e. The number of fused-ring (bicyclic) bond motifs is 1. The number of hydrogen-bond acceptors (Lipinski definition) is 5. The first-order valence-electron chi connectivity index (χ1n) is 8.61. The molecule has 1 aliphatic heterocycles. The number of anilines is 1. The molecule has 2 aromatic heterocycles. The average molecular weight is 386 g/mol. The van der Waals surface area contributed by atoms with Gasteiger partial charge < -0.3 is 10.2 Å². The SMILES string of the molecule is Cc1c(C(=O)N2CCC[C@H](C(=O)Nc3nccs3)C2)sc2ccccc12. The van der Waals surface area contributed by atoms with Crippen LogP contribution >= 0.6 is 22.7 Å². The topological polar surface area (TPSA) is 62.3 Å². The van der Waals surface area contributed by atoms with Crippen molar-refractivity contribution in [3.05, 3.63) is 46.3 Å². The van der Waals surface area contributed by atoms with Crippen molar-refractivity contribution in [2.24, 2.45) is 5.92 Å². The number of carbonyl (C=O) groups is 2. The number of amides is 2. The van der Waals surface area contributed by atoms with E-state index in [1.165, 1.54) is 22.7 Å². The van der Waals surface area contributed by atoms with Crippen LogP contribution in [0.15, 0.2) is 35.8 Å². The highest BCUT2D eigenvalue weighted by atomic mass is 32.1. The van der Waals surface area contributed by atoms with Crippen LogP contribution in [0.5, 0.6) is 0 Å². The fourth-order valence-corrected chi connectivity index (χ4v) is 5.10. The predicted octanol–water partition coefficient (Wildman–Crippen LogP) is 4.16. The number of hydrogen-bond donors (Lipinski definition) is 1. The van der Waals surface area contributed by atoms with Crippen LogP contribution in [0.25, 0.3) is 10.1 Å². The Balaban J connectivity index is 1.50. The van der Waals surface area contributed by atoms with Crippen molar-refractivity contribution < 1.29 is 9.59 Å². The first-order valence-corrected chi connectivity index (χ1v) is 10.3. The minimum Gasteiger partial charge on any atom is -0.337 e. The molecule has 3 heterocycles. The van der Waals surface area contributed by atoms with E-state index in [1.54, 1.807) is 6.20 Å². The Morgan fingerprint density at radius 1 is 1.31 bits per heavy atom. The number of likely N-dealkylation sites (tertiary alicyclic amines) is 1. The van der Waals surface area contributed by atoms with Crippen LogP contribution in [0.2, 0.25) is 0 Å². The van der Waals surface area contributed by atoms with Gasteiger partial charge in [-0.2, -0.15) is 0 Å². The molecule has 5 nitrogen and oxygen atoms in total. The Bertz CT molecular complexity index is 949. The fraction of sp³-hybridized carbons (Fsp3) is 0.316. The summed E-state index contributed by atoms with van der Waals surface area (Å²) in [5.74, 6) is -0.202. The lowest BCUT2D eigenvalue weighted by Crippen LogP contribution is -2.43. The van der Waals surface area contributed by atoms with E-state index in [0.717, 1.165) is 33.4 Å². The lowest BCUT2D eigenvalue weighted by atomic mass is 9.97. The van der Waals surface area contributed by atoms with Gasteiger partial charge in [0.05, 0.1) is 10.8 Å². The molecule has 3 aromatic rings. The van der Waals surface area contributed by atoms with E-state index in [9.17, 15) is 9.59 Å². The van der Waals surface area contributed by atoms with Gasteiger partial charge in [-0.3, -0.25) is 9.59 Å².